The molecule has 1 N–H and O–H groups in total. The van der Waals surface area contributed by atoms with E-state index in [0.29, 0.717) is 26.2 Å². The molecule has 0 saturated carbocycles. The predicted molar refractivity (Wildman–Crippen MR) is 118 cm³/mol. The molecule has 0 radical (unpaired) electrons. The van der Waals surface area contributed by atoms with Gasteiger partial charge in [0.15, 0.2) is 0 Å². The minimum Gasteiger partial charge on any atom is -0.490 e. The highest BCUT2D eigenvalue weighted by Gasteiger charge is 2.28. The van der Waals surface area contributed by atoms with E-state index in [2.05, 4.69) is 15.2 Å². The van der Waals surface area contributed by atoms with Gasteiger partial charge in [-0.15, -0.1) is 0 Å². The minimum absolute atomic E-state index is 0.0220. The van der Waals surface area contributed by atoms with Crippen molar-refractivity contribution in [3.05, 3.63) is 30.6 Å². The van der Waals surface area contributed by atoms with Gasteiger partial charge in [0.2, 0.25) is 5.91 Å². The number of likely N-dealkylation sites (tertiary alicyclic amines) is 1. The first-order chi connectivity index (χ1) is 14.8. The molecule has 2 saturated heterocycles. The lowest BCUT2D eigenvalue weighted by atomic mass is 10.1. The molecule has 2 aromatic rings. The minimum atomic E-state index is -0.493. The quantitative estimate of drug-likeness (QED) is 0.812. The van der Waals surface area contributed by atoms with Crippen LogP contribution in [0.15, 0.2) is 30.6 Å². The first-order valence-electron chi connectivity index (χ1n) is 10.8. The van der Waals surface area contributed by atoms with E-state index in [1.54, 1.807) is 11.1 Å². The van der Waals surface area contributed by atoms with Gasteiger partial charge in [-0.25, -0.2) is 4.79 Å². The molecular formula is C23H30N4O4. The molecule has 4 rings (SSSR count). The van der Waals surface area contributed by atoms with Crippen LogP contribution in [0.1, 0.15) is 33.6 Å². The van der Waals surface area contributed by atoms with Crippen molar-refractivity contribution in [2.45, 2.75) is 45.3 Å². The third-order valence-electron chi connectivity index (χ3n) is 5.52. The van der Waals surface area contributed by atoms with Gasteiger partial charge < -0.3 is 24.6 Å². The number of amides is 2. The Labute approximate surface area is 182 Å². The van der Waals surface area contributed by atoms with Crippen LogP contribution in [0.4, 0.5) is 10.5 Å². The Morgan fingerprint density at radius 1 is 1.13 bits per heavy atom. The summed E-state index contributed by atoms with van der Waals surface area (Å²) in [4.78, 5) is 32.2. The van der Waals surface area contributed by atoms with Gasteiger partial charge in [-0.3, -0.25) is 9.78 Å². The van der Waals surface area contributed by atoms with Crippen LogP contribution in [0.25, 0.3) is 10.8 Å². The van der Waals surface area contributed by atoms with Gasteiger partial charge in [0.25, 0.3) is 0 Å². The SMILES string of the molecule is CC(C)(C)OC(=O)N1CCC(Oc2ccc(N3CCNC(=O)C3)c3ccncc23)CC1. The number of fused-ring (bicyclic) bond motifs is 1. The van der Waals surface area contributed by atoms with Crippen molar-refractivity contribution in [1.29, 1.82) is 0 Å². The summed E-state index contributed by atoms with van der Waals surface area (Å²) in [5.74, 6) is 0.814. The number of piperazine rings is 1. The van der Waals surface area contributed by atoms with Crippen molar-refractivity contribution in [2.75, 3.05) is 37.6 Å². The number of rotatable bonds is 3. The maximum atomic E-state index is 12.3. The Hall–Kier alpha value is -3.03. The molecule has 1 aromatic heterocycles. The molecule has 0 unspecified atom stereocenters. The molecule has 2 aliphatic rings. The van der Waals surface area contributed by atoms with Crippen molar-refractivity contribution < 1.29 is 19.1 Å². The lowest BCUT2D eigenvalue weighted by Gasteiger charge is -2.34. The Morgan fingerprint density at radius 3 is 2.61 bits per heavy atom. The first kappa shape index (κ1) is 21.2. The third kappa shape index (κ3) is 5.00. The van der Waals surface area contributed by atoms with E-state index in [4.69, 9.17) is 9.47 Å². The van der Waals surface area contributed by atoms with Gasteiger partial charge >= 0.3 is 6.09 Å². The zero-order valence-corrected chi connectivity index (χ0v) is 18.4. The van der Waals surface area contributed by atoms with Gasteiger partial charge in [-0.1, -0.05) is 0 Å². The van der Waals surface area contributed by atoms with Gasteiger partial charge in [0.05, 0.1) is 6.54 Å². The number of carbonyl (C=O) groups excluding carboxylic acids is 2. The number of hydrogen-bond donors (Lipinski definition) is 1. The monoisotopic (exact) mass is 426 g/mol. The van der Waals surface area contributed by atoms with Crippen LogP contribution in [0, 0.1) is 0 Å². The first-order valence-corrected chi connectivity index (χ1v) is 10.8. The van der Waals surface area contributed by atoms with E-state index in [1.165, 1.54) is 0 Å². The molecule has 1 aromatic carbocycles. The number of piperidine rings is 1. The van der Waals surface area contributed by atoms with Crippen molar-refractivity contribution in [3.63, 3.8) is 0 Å². The Morgan fingerprint density at radius 2 is 1.90 bits per heavy atom. The van der Waals surface area contributed by atoms with E-state index in [0.717, 1.165) is 41.6 Å². The number of pyridine rings is 1. The summed E-state index contributed by atoms with van der Waals surface area (Å²) in [5.41, 5.74) is 0.520. The molecule has 2 aliphatic heterocycles. The van der Waals surface area contributed by atoms with E-state index in [1.807, 2.05) is 45.2 Å². The second-order valence-electron chi connectivity index (χ2n) is 9.06. The van der Waals surface area contributed by atoms with Crippen LogP contribution in [-0.4, -0.2) is 66.3 Å². The number of nitrogens with one attached hydrogen (secondary N) is 1. The summed E-state index contributed by atoms with van der Waals surface area (Å²) in [5, 5.41) is 4.82. The summed E-state index contributed by atoms with van der Waals surface area (Å²) in [6, 6.07) is 5.95. The number of ether oxygens (including phenoxy) is 2. The third-order valence-corrected chi connectivity index (χ3v) is 5.52. The number of anilines is 1. The van der Waals surface area contributed by atoms with Crippen LogP contribution in [0.5, 0.6) is 5.75 Å². The fourth-order valence-electron chi connectivity index (χ4n) is 4.03. The maximum absolute atomic E-state index is 12.3. The zero-order valence-electron chi connectivity index (χ0n) is 18.4. The van der Waals surface area contributed by atoms with Crippen molar-refractivity contribution in [1.82, 2.24) is 15.2 Å². The molecule has 0 spiro atoms. The molecule has 2 fully saturated rings. The van der Waals surface area contributed by atoms with E-state index in [-0.39, 0.29) is 18.1 Å². The number of nitrogens with zero attached hydrogens (tertiary/aromatic N) is 3. The highest BCUT2D eigenvalue weighted by atomic mass is 16.6. The molecule has 3 heterocycles. The fourth-order valence-corrected chi connectivity index (χ4v) is 4.03. The van der Waals surface area contributed by atoms with E-state index >= 15 is 0 Å². The summed E-state index contributed by atoms with van der Waals surface area (Å²) < 4.78 is 11.8. The number of aromatic nitrogens is 1. The Bertz CT molecular complexity index is 964. The lowest BCUT2D eigenvalue weighted by Crippen LogP contribution is -2.47. The summed E-state index contributed by atoms with van der Waals surface area (Å²) in [6.45, 7) is 8.60. The Balaban J connectivity index is 1.46. The molecule has 0 atom stereocenters. The van der Waals surface area contributed by atoms with Crippen molar-refractivity contribution >= 4 is 28.5 Å². The Kier molecular flexibility index (Phi) is 5.89. The molecule has 0 aliphatic carbocycles. The van der Waals surface area contributed by atoms with E-state index < -0.39 is 5.60 Å². The summed E-state index contributed by atoms with van der Waals surface area (Å²) >= 11 is 0. The second kappa shape index (κ2) is 8.61. The van der Waals surface area contributed by atoms with Crippen LogP contribution in [-0.2, 0) is 9.53 Å². The van der Waals surface area contributed by atoms with Crippen molar-refractivity contribution in [2.24, 2.45) is 0 Å². The lowest BCUT2D eigenvalue weighted by molar-refractivity contribution is -0.120. The molecule has 2 amide bonds. The molecular weight excluding hydrogens is 396 g/mol. The maximum Gasteiger partial charge on any atom is 0.410 e. The average Bonchev–Trinajstić information content (AvgIpc) is 2.73. The molecule has 8 nitrogen and oxygen atoms in total. The van der Waals surface area contributed by atoms with Gasteiger partial charge in [-0.05, 0) is 39.0 Å². The summed E-state index contributed by atoms with van der Waals surface area (Å²) in [6.07, 6.45) is 4.82. The molecule has 166 valence electrons. The number of hydrogen-bond acceptors (Lipinski definition) is 6. The van der Waals surface area contributed by atoms with Gasteiger partial charge in [-0.2, -0.15) is 0 Å². The van der Waals surface area contributed by atoms with Gasteiger partial charge in [0, 0.05) is 67.9 Å². The van der Waals surface area contributed by atoms with Crippen molar-refractivity contribution in [3.8, 4) is 5.75 Å². The zero-order chi connectivity index (χ0) is 22.0. The highest BCUT2D eigenvalue weighted by Crippen LogP contribution is 2.34. The highest BCUT2D eigenvalue weighted by molar-refractivity contribution is 5.99. The van der Waals surface area contributed by atoms with Gasteiger partial charge in [0.1, 0.15) is 17.5 Å². The second-order valence-corrected chi connectivity index (χ2v) is 9.06. The number of benzene rings is 1. The normalized spacial score (nSPS) is 18.1. The van der Waals surface area contributed by atoms with Crippen LogP contribution >= 0.6 is 0 Å². The van der Waals surface area contributed by atoms with Crippen LogP contribution in [0.2, 0.25) is 0 Å². The largest absolute Gasteiger partial charge is 0.490 e. The number of carbonyl (C=O) groups is 2. The summed E-state index contributed by atoms with van der Waals surface area (Å²) in [7, 11) is 0. The fraction of sp³-hybridized carbons (Fsp3) is 0.522. The van der Waals surface area contributed by atoms with E-state index in [9.17, 15) is 9.59 Å². The van der Waals surface area contributed by atoms with Crippen LogP contribution < -0.4 is 15.0 Å². The molecule has 0 bridgehead atoms. The smallest absolute Gasteiger partial charge is 0.410 e. The average molecular weight is 427 g/mol. The van der Waals surface area contributed by atoms with Crippen LogP contribution in [0.3, 0.4) is 0 Å². The standard InChI is InChI=1S/C23H30N4O4/c1-23(2,3)31-22(29)26-11-7-16(8-12-26)30-20-5-4-19(17-6-9-24-14-18(17)20)27-13-10-25-21(28)15-27/h4-6,9,14,16H,7-8,10-13,15H2,1-3H3,(H,25,28). The predicted octanol–water partition coefficient (Wildman–Crippen LogP) is 2.95. The molecule has 8 heteroatoms. The topological polar surface area (TPSA) is 84.0 Å². The molecule has 31 heavy (non-hydrogen) atoms.